The normalized spacial score (nSPS) is 28.8. The van der Waals surface area contributed by atoms with Crippen LogP contribution in [0.5, 0.6) is 0 Å². The molecule has 75 valence electrons. The molecule has 0 aromatic carbocycles. The minimum absolute atomic E-state index is 0.0186. The number of methoxy groups -OCH3 is 1. The van der Waals surface area contributed by atoms with Crippen molar-refractivity contribution in [1.29, 1.82) is 0 Å². The van der Waals surface area contributed by atoms with Crippen LogP contribution >= 0.6 is 0 Å². The van der Waals surface area contributed by atoms with Crippen molar-refractivity contribution in [3.05, 3.63) is 31.6 Å². The van der Waals surface area contributed by atoms with Crippen molar-refractivity contribution < 1.29 is 9.53 Å². The zero-order valence-corrected chi connectivity index (χ0v) is 8.27. The summed E-state index contributed by atoms with van der Waals surface area (Å²) < 4.78 is 4.72. The molecule has 0 amide bonds. The molecular weight excluding hydrogens is 178 g/mol. The lowest BCUT2D eigenvalue weighted by atomic mass is 9.99. The van der Waals surface area contributed by atoms with Crippen molar-refractivity contribution in [2.75, 3.05) is 20.2 Å². The fraction of sp³-hybridized carbons (Fsp3) is 0.455. The number of carbonyl (C=O) groups is 1. The van der Waals surface area contributed by atoms with Crippen LogP contribution in [0.3, 0.4) is 0 Å². The Bertz CT molecular complexity index is 211. The van der Waals surface area contributed by atoms with E-state index in [4.69, 9.17) is 4.74 Å². The van der Waals surface area contributed by atoms with E-state index in [2.05, 4.69) is 17.7 Å². The van der Waals surface area contributed by atoms with Crippen LogP contribution in [0, 0.1) is 31.6 Å². The summed E-state index contributed by atoms with van der Waals surface area (Å²) in [5.74, 6) is 1.15. The molecule has 3 nitrogen and oxygen atoms in total. The molecule has 2 fully saturated rings. The van der Waals surface area contributed by atoms with E-state index in [9.17, 15) is 4.79 Å². The highest BCUT2D eigenvalue weighted by atomic mass is 16.5. The maximum atomic E-state index is 11.3. The van der Waals surface area contributed by atoms with Crippen LogP contribution in [0.15, 0.2) is 0 Å². The maximum absolute atomic E-state index is 11.3. The molecule has 3 heteroatoms. The minimum Gasteiger partial charge on any atom is -0.468 e. The summed E-state index contributed by atoms with van der Waals surface area (Å²) in [5, 5.41) is 0. The summed E-state index contributed by atoms with van der Waals surface area (Å²) in [5.41, 5.74) is 0. The SMILES string of the molecule is COC(=O)[C@@H]1CCN1C[C]1[CH][CH][CH][CH]1. The molecule has 0 aromatic heterocycles. The van der Waals surface area contributed by atoms with Gasteiger partial charge in [0.05, 0.1) is 7.11 Å². The van der Waals surface area contributed by atoms with E-state index < -0.39 is 0 Å². The zero-order chi connectivity index (χ0) is 9.97. The molecular formula is C11H14NO2. The van der Waals surface area contributed by atoms with Gasteiger partial charge in [0.25, 0.3) is 0 Å². The van der Waals surface area contributed by atoms with Crippen LogP contribution in [0.2, 0.25) is 0 Å². The average Bonchev–Trinajstić information content (AvgIpc) is 2.64. The van der Waals surface area contributed by atoms with Gasteiger partial charge in [-0.25, -0.2) is 0 Å². The standard InChI is InChI=1S/C11H14NO2/c1-14-11(13)10-6-7-12(10)8-9-4-2-3-5-9/h2-5,10H,6-8H2,1H3/t10-/m0/s1. The molecule has 0 unspecified atom stereocenters. The Kier molecular flexibility index (Phi) is 3.06. The molecule has 0 spiro atoms. The van der Waals surface area contributed by atoms with E-state index in [0.717, 1.165) is 19.5 Å². The number of nitrogens with zero attached hydrogens (tertiary/aromatic N) is 1. The molecule has 1 heterocycles. The highest BCUT2D eigenvalue weighted by Gasteiger charge is 2.36. The first-order chi connectivity index (χ1) is 6.81. The summed E-state index contributed by atoms with van der Waals surface area (Å²) in [6.45, 7) is 1.84. The smallest absolute Gasteiger partial charge is 0.323 e. The molecule has 0 bridgehead atoms. The molecule has 1 aliphatic carbocycles. The van der Waals surface area contributed by atoms with Gasteiger partial charge in [-0.1, -0.05) is 0 Å². The van der Waals surface area contributed by atoms with Crippen molar-refractivity contribution in [2.45, 2.75) is 12.5 Å². The topological polar surface area (TPSA) is 29.5 Å². The molecule has 1 saturated carbocycles. The van der Waals surface area contributed by atoms with Gasteiger partial charge < -0.3 is 4.74 Å². The first kappa shape index (κ1) is 9.97. The largest absolute Gasteiger partial charge is 0.468 e. The predicted octanol–water partition coefficient (Wildman–Crippen LogP) is 0.639. The van der Waals surface area contributed by atoms with Gasteiger partial charge in [0, 0.05) is 13.1 Å². The molecule has 2 rings (SSSR count). The van der Waals surface area contributed by atoms with Crippen molar-refractivity contribution in [3.8, 4) is 0 Å². The van der Waals surface area contributed by atoms with E-state index in [1.54, 1.807) is 0 Å². The molecule has 2 aliphatic rings. The molecule has 0 N–H and O–H groups in total. The quantitative estimate of drug-likeness (QED) is 0.614. The van der Waals surface area contributed by atoms with Crippen LogP contribution < -0.4 is 0 Å². The summed E-state index contributed by atoms with van der Waals surface area (Å²) in [6.07, 6.45) is 9.11. The van der Waals surface area contributed by atoms with Crippen LogP contribution in [-0.4, -0.2) is 37.1 Å². The lowest BCUT2D eigenvalue weighted by Crippen LogP contribution is -2.53. The lowest BCUT2D eigenvalue weighted by molar-refractivity contribution is -0.151. The van der Waals surface area contributed by atoms with Gasteiger partial charge in [0.1, 0.15) is 6.04 Å². The van der Waals surface area contributed by atoms with Crippen molar-refractivity contribution in [1.82, 2.24) is 4.90 Å². The van der Waals surface area contributed by atoms with Crippen LogP contribution in [0.25, 0.3) is 0 Å². The molecule has 14 heavy (non-hydrogen) atoms. The second kappa shape index (κ2) is 4.30. The van der Waals surface area contributed by atoms with Crippen LogP contribution in [0.4, 0.5) is 0 Å². The van der Waals surface area contributed by atoms with Crippen molar-refractivity contribution >= 4 is 5.97 Å². The molecule has 1 atom stereocenters. The summed E-state index contributed by atoms with van der Waals surface area (Å²) >= 11 is 0. The van der Waals surface area contributed by atoms with Crippen molar-refractivity contribution in [3.63, 3.8) is 0 Å². The first-order valence-electron chi connectivity index (χ1n) is 4.83. The Morgan fingerprint density at radius 2 is 2.29 bits per heavy atom. The third-order valence-corrected chi connectivity index (χ3v) is 2.72. The van der Waals surface area contributed by atoms with Gasteiger partial charge in [-0.2, -0.15) is 0 Å². The number of esters is 1. The molecule has 5 radical (unpaired) electrons. The fourth-order valence-corrected chi connectivity index (χ4v) is 1.79. The van der Waals surface area contributed by atoms with Gasteiger partial charge in [0.15, 0.2) is 0 Å². The second-order valence-corrected chi connectivity index (χ2v) is 3.59. The summed E-state index contributed by atoms with van der Waals surface area (Å²) in [6, 6.07) is -0.0186. The third kappa shape index (κ3) is 1.92. The van der Waals surface area contributed by atoms with E-state index in [-0.39, 0.29) is 12.0 Å². The zero-order valence-electron chi connectivity index (χ0n) is 8.27. The highest BCUT2D eigenvalue weighted by molar-refractivity contribution is 5.76. The maximum Gasteiger partial charge on any atom is 0.323 e. The number of likely N-dealkylation sites (tertiary alicyclic amines) is 1. The molecule has 1 aliphatic heterocycles. The van der Waals surface area contributed by atoms with E-state index in [0.29, 0.717) is 0 Å². The number of rotatable bonds is 3. The predicted molar refractivity (Wildman–Crippen MR) is 52.4 cm³/mol. The van der Waals surface area contributed by atoms with Gasteiger partial charge in [-0.15, -0.1) is 0 Å². The highest BCUT2D eigenvalue weighted by Crippen LogP contribution is 2.28. The molecule has 1 saturated heterocycles. The number of ether oxygens (including phenoxy) is 1. The second-order valence-electron chi connectivity index (χ2n) is 3.59. The Morgan fingerprint density at radius 1 is 1.57 bits per heavy atom. The third-order valence-electron chi connectivity index (χ3n) is 2.72. The number of carbonyl (C=O) groups excluding carboxylic acids is 1. The Balaban J connectivity index is 1.78. The summed E-state index contributed by atoms with van der Waals surface area (Å²) in [7, 11) is 1.45. The number of hydrogen-bond donors (Lipinski definition) is 0. The van der Waals surface area contributed by atoms with Gasteiger partial charge in [0.2, 0.25) is 0 Å². The average molecular weight is 192 g/mol. The molecule has 0 aromatic rings. The van der Waals surface area contributed by atoms with Gasteiger partial charge in [-0.05, 0) is 38.0 Å². The van der Waals surface area contributed by atoms with E-state index >= 15 is 0 Å². The fourth-order valence-electron chi connectivity index (χ4n) is 1.79. The van der Waals surface area contributed by atoms with E-state index in [1.165, 1.54) is 13.0 Å². The first-order valence-corrected chi connectivity index (χ1v) is 4.83. The summed E-state index contributed by atoms with van der Waals surface area (Å²) in [4.78, 5) is 13.4. The Morgan fingerprint density at radius 3 is 2.79 bits per heavy atom. The van der Waals surface area contributed by atoms with Crippen LogP contribution in [0.1, 0.15) is 6.42 Å². The monoisotopic (exact) mass is 192 g/mol. The lowest BCUT2D eigenvalue weighted by Gasteiger charge is -2.39. The van der Waals surface area contributed by atoms with Gasteiger partial charge >= 0.3 is 5.97 Å². The number of hydrogen-bond acceptors (Lipinski definition) is 3. The van der Waals surface area contributed by atoms with E-state index in [1.807, 2.05) is 12.8 Å². The minimum atomic E-state index is -0.109. The Labute approximate surface area is 85.4 Å². The van der Waals surface area contributed by atoms with Gasteiger partial charge in [-0.3, -0.25) is 9.69 Å². The van der Waals surface area contributed by atoms with Crippen LogP contribution in [-0.2, 0) is 9.53 Å². The van der Waals surface area contributed by atoms with Crippen molar-refractivity contribution in [2.24, 2.45) is 0 Å². The Hall–Kier alpha value is -0.570.